The quantitative estimate of drug-likeness (QED) is 0.116. The number of fused-ring (bicyclic) bond motifs is 1. The number of hydrogen-bond donors (Lipinski definition) is 1. The summed E-state index contributed by atoms with van der Waals surface area (Å²) in [6, 6.07) is 11.3. The predicted octanol–water partition coefficient (Wildman–Crippen LogP) is 3.92. The Morgan fingerprint density at radius 1 is 1.04 bits per heavy atom. The molecule has 2 aromatic heterocycles. The molecule has 1 N–H and O–H groups in total. The number of carbonyl (C=O) groups excluding carboxylic acids is 2. The average Bonchev–Trinajstić information content (AvgIpc) is 3.92. The lowest BCUT2D eigenvalue weighted by Crippen LogP contribution is -2.49. The number of carbonyl (C=O) groups is 2. The molecule has 1 saturated carbocycles. The van der Waals surface area contributed by atoms with Gasteiger partial charge < -0.3 is 28.6 Å². The maximum Gasteiger partial charge on any atom is 0.410 e. The van der Waals surface area contributed by atoms with Crippen molar-refractivity contribution < 1.29 is 28.2 Å². The molecule has 0 radical (unpaired) electrons. The molecule has 2 saturated heterocycles. The van der Waals surface area contributed by atoms with E-state index in [1.165, 1.54) is 23.9 Å². The van der Waals surface area contributed by atoms with E-state index >= 15 is 4.39 Å². The molecular formula is C35H35FN8O8. The van der Waals surface area contributed by atoms with E-state index in [0.717, 1.165) is 24.5 Å². The molecule has 3 fully saturated rings. The summed E-state index contributed by atoms with van der Waals surface area (Å²) in [4.78, 5) is 72.4. The van der Waals surface area contributed by atoms with E-state index in [-0.39, 0.29) is 41.3 Å². The summed E-state index contributed by atoms with van der Waals surface area (Å²) < 4.78 is 35.6. The first-order chi connectivity index (χ1) is 25.1. The molecule has 2 aromatic carbocycles. The Balaban J connectivity index is 1.06. The summed E-state index contributed by atoms with van der Waals surface area (Å²) in [5, 5.41) is 3.75. The average molecular weight is 715 g/mol. The number of H-pyrrole nitrogens is 1. The van der Waals surface area contributed by atoms with Crippen LogP contribution in [-0.4, -0.2) is 76.0 Å². The van der Waals surface area contributed by atoms with E-state index in [1.54, 1.807) is 15.5 Å². The molecule has 3 unspecified atom stereocenters. The minimum atomic E-state index is -0.968. The first-order valence-electron chi connectivity index (χ1n) is 16.9. The number of halogens is 1. The Morgan fingerprint density at radius 2 is 1.79 bits per heavy atom. The van der Waals surface area contributed by atoms with Crippen molar-refractivity contribution in [1.29, 1.82) is 0 Å². The first kappa shape index (κ1) is 34.5. The van der Waals surface area contributed by atoms with Crippen molar-refractivity contribution in [3.63, 3.8) is 0 Å². The van der Waals surface area contributed by atoms with Crippen molar-refractivity contribution in [1.82, 2.24) is 19.0 Å². The van der Waals surface area contributed by atoms with Crippen molar-refractivity contribution in [2.24, 2.45) is 5.11 Å². The van der Waals surface area contributed by atoms with Gasteiger partial charge in [-0.1, -0.05) is 35.4 Å². The van der Waals surface area contributed by atoms with Gasteiger partial charge in [-0.15, -0.1) is 0 Å². The third-order valence-electron chi connectivity index (χ3n) is 9.58. The van der Waals surface area contributed by atoms with E-state index in [9.17, 15) is 24.0 Å². The monoisotopic (exact) mass is 714 g/mol. The molecule has 4 heterocycles. The fraction of sp³-hybridized carbons (Fsp3) is 0.400. The van der Waals surface area contributed by atoms with Gasteiger partial charge in [-0.25, -0.2) is 18.8 Å². The van der Waals surface area contributed by atoms with Gasteiger partial charge in [0.25, 0.3) is 5.56 Å². The van der Waals surface area contributed by atoms with Crippen LogP contribution in [-0.2, 0) is 20.8 Å². The predicted molar refractivity (Wildman–Crippen MR) is 185 cm³/mol. The maximum atomic E-state index is 15.7. The lowest BCUT2D eigenvalue weighted by Gasteiger charge is -2.35. The van der Waals surface area contributed by atoms with Crippen LogP contribution in [0.3, 0.4) is 0 Å². The largest absolute Gasteiger partial charge is 0.459 e. The van der Waals surface area contributed by atoms with E-state index in [4.69, 9.17) is 19.7 Å². The smallest absolute Gasteiger partial charge is 0.410 e. The number of piperazine rings is 1. The Morgan fingerprint density at radius 3 is 2.50 bits per heavy atom. The molecule has 3 aliphatic rings. The molecule has 17 heteroatoms. The molecule has 0 spiro atoms. The third-order valence-corrected chi connectivity index (χ3v) is 9.58. The van der Waals surface area contributed by atoms with E-state index in [1.807, 2.05) is 35.2 Å². The number of hydrogen-bond acceptors (Lipinski definition) is 10. The standard InChI is InChI=1S/C35H35FN8O8/c1-20-16-44(34(48)38-32(20)46)30-14-26(39-40-37)29(52-30)19-50-33(47)24-17-43(22-7-8-22)27-15-28(25(36)13-23(27)31(24)45)41-9-11-42(12-10-41)35(49)51-18-21-5-3-2-4-6-21/h2-6,13,15-17,22,26,29-30H,7-12,14,18-19H2,1H3,(H,38,46,48). The van der Waals surface area contributed by atoms with Gasteiger partial charge in [0.05, 0.1) is 17.2 Å². The Bertz CT molecular complexity index is 2260. The second kappa shape index (κ2) is 14.4. The number of pyridine rings is 1. The number of nitrogens with zero attached hydrogens (tertiary/aromatic N) is 7. The molecule has 4 aromatic rings. The van der Waals surface area contributed by atoms with Crippen molar-refractivity contribution in [3.05, 3.63) is 119 Å². The van der Waals surface area contributed by atoms with Crippen LogP contribution in [0.1, 0.15) is 53.0 Å². The summed E-state index contributed by atoms with van der Waals surface area (Å²) in [6.45, 7) is 2.59. The van der Waals surface area contributed by atoms with Gasteiger partial charge in [0.1, 0.15) is 36.9 Å². The van der Waals surface area contributed by atoms with Gasteiger partial charge in [-0.05, 0) is 43.0 Å². The van der Waals surface area contributed by atoms with Crippen LogP contribution < -0.4 is 21.6 Å². The zero-order valence-corrected chi connectivity index (χ0v) is 28.1. The van der Waals surface area contributed by atoms with Crippen LogP contribution >= 0.6 is 0 Å². The number of rotatable bonds is 9. The summed E-state index contributed by atoms with van der Waals surface area (Å²) in [5.41, 5.74) is 8.74. The highest BCUT2D eigenvalue weighted by molar-refractivity contribution is 5.94. The molecule has 2 aliphatic heterocycles. The van der Waals surface area contributed by atoms with Gasteiger partial charge in [-0.3, -0.25) is 19.1 Å². The van der Waals surface area contributed by atoms with E-state index in [0.29, 0.717) is 31.7 Å². The van der Waals surface area contributed by atoms with E-state index < -0.39 is 59.5 Å². The molecule has 1 amide bonds. The molecule has 7 rings (SSSR count). The normalized spacial score (nSPS) is 20.1. The van der Waals surface area contributed by atoms with Crippen molar-refractivity contribution in [3.8, 4) is 0 Å². The highest BCUT2D eigenvalue weighted by Gasteiger charge is 2.38. The second-order valence-corrected chi connectivity index (χ2v) is 13.1. The summed E-state index contributed by atoms with van der Waals surface area (Å²) in [6.07, 6.45) is 2.12. The Hall–Kier alpha value is -5.93. The SMILES string of the molecule is Cc1cn(C2CC(N=[N+]=[N-])C(COC(=O)c3cn(C4CC4)c4cc(N5CCN(C(=O)OCc6ccccc6)CC5)c(F)cc4c3=O)O2)c(=O)[nH]c1=O. The van der Waals surface area contributed by atoms with Crippen LogP contribution in [0.25, 0.3) is 21.3 Å². The van der Waals surface area contributed by atoms with E-state index in [2.05, 4.69) is 15.0 Å². The Kier molecular flexibility index (Phi) is 9.53. The summed E-state index contributed by atoms with van der Waals surface area (Å²) in [7, 11) is 0. The molecule has 270 valence electrons. The lowest BCUT2D eigenvalue weighted by atomic mass is 10.1. The minimum Gasteiger partial charge on any atom is -0.459 e. The van der Waals surface area contributed by atoms with Gasteiger partial charge in [-0.2, -0.15) is 0 Å². The number of esters is 1. The number of aromatic amines is 1. The summed E-state index contributed by atoms with van der Waals surface area (Å²) >= 11 is 0. The lowest BCUT2D eigenvalue weighted by molar-refractivity contribution is -0.0363. The number of aromatic nitrogens is 3. The fourth-order valence-corrected chi connectivity index (χ4v) is 6.60. The highest BCUT2D eigenvalue weighted by Crippen LogP contribution is 2.38. The molecule has 16 nitrogen and oxygen atoms in total. The van der Waals surface area contributed by atoms with Crippen LogP contribution in [0, 0.1) is 12.7 Å². The van der Waals surface area contributed by atoms with Crippen molar-refractivity contribution in [2.75, 3.05) is 37.7 Å². The van der Waals surface area contributed by atoms with Crippen LogP contribution in [0.15, 0.2) is 74.4 Å². The highest BCUT2D eigenvalue weighted by atomic mass is 19.1. The molecule has 52 heavy (non-hydrogen) atoms. The van der Waals surface area contributed by atoms with Gasteiger partial charge >= 0.3 is 17.8 Å². The van der Waals surface area contributed by atoms with Crippen LogP contribution in [0.4, 0.5) is 14.9 Å². The number of anilines is 1. The molecule has 0 bridgehead atoms. The second-order valence-electron chi connectivity index (χ2n) is 13.1. The third kappa shape index (κ3) is 7.00. The molecule has 1 aliphatic carbocycles. The van der Waals surface area contributed by atoms with Gasteiger partial charge in [0.2, 0.25) is 5.43 Å². The zero-order valence-electron chi connectivity index (χ0n) is 28.1. The molecule has 3 atom stereocenters. The Labute approximate surface area is 294 Å². The number of amides is 1. The first-order valence-corrected chi connectivity index (χ1v) is 16.9. The molecular weight excluding hydrogens is 679 g/mol. The number of nitrogens with one attached hydrogen (secondary N) is 1. The number of benzene rings is 2. The maximum absolute atomic E-state index is 15.7. The van der Waals surface area contributed by atoms with Crippen LogP contribution in [0.5, 0.6) is 0 Å². The number of ether oxygens (including phenoxy) is 3. The summed E-state index contributed by atoms with van der Waals surface area (Å²) in [5.74, 6) is -1.61. The zero-order chi connectivity index (χ0) is 36.5. The van der Waals surface area contributed by atoms with Crippen molar-refractivity contribution in [2.45, 2.75) is 57.2 Å². The fourth-order valence-electron chi connectivity index (χ4n) is 6.60. The van der Waals surface area contributed by atoms with Gasteiger partial charge in [0, 0.05) is 66.9 Å². The van der Waals surface area contributed by atoms with Crippen LogP contribution in [0.2, 0.25) is 0 Å². The minimum absolute atomic E-state index is 0.00320. The number of aryl methyl sites for hydroxylation is 1. The van der Waals surface area contributed by atoms with Crippen molar-refractivity contribution >= 4 is 28.7 Å². The topological polar surface area (TPSA) is 194 Å². The van der Waals surface area contributed by atoms with Gasteiger partial charge in [0.15, 0.2) is 0 Å². The number of azide groups is 1.